The first-order valence-corrected chi connectivity index (χ1v) is 5.77. The molecule has 0 fully saturated rings. The largest absolute Gasteiger partial charge is 0.496 e. The van der Waals surface area contributed by atoms with Crippen molar-refractivity contribution in [1.29, 1.82) is 0 Å². The van der Waals surface area contributed by atoms with Crippen LogP contribution in [0.15, 0.2) is 24.8 Å². The van der Waals surface area contributed by atoms with E-state index in [0.717, 1.165) is 11.3 Å². The van der Waals surface area contributed by atoms with Crippen molar-refractivity contribution in [3.8, 4) is 5.75 Å². The van der Waals surface area contributed by atoms with Gasteiger partial charge in [0.15, 0.2) is 0 Å². The molecule has 0 N–H and O–H groups in total. The maximum Gasteiger partial charge on any atom is 0.253 e. The molecule has 0 heterocycles. The summed E-state index contributed by atoms with van der Waals surface area (Å²) in [4.78, 5) is 13.9. The fraction of sp³-hybridized carbons (Fsp3) is 0.357. The van der Waals surface area contributed by atoms with Gasteiger partial charge in [-0.25, -0.2) is 0 Å². The second kappa shape index (κ2) is 6.09. The molecule has 1 amide bonds. The number of methoxy groups -OCH3 is 1. The van der Waals surface area contributed by atoms with Crippen LogP contribution in [0.1, 0.15) is 29.8 Å². The van der Waals surface area contributed by atoms with Crippen molar-refractivity contribution in [1.82, 2.24) is 4.90 Å². The Labute approximate surface area is 103 Å². The topological polar surface area (TPSA) is 29.5 Å². The molecule has 3 nitrogen and oxygen atoms in total. The molecule has 3 heteroatoms. The fourth-order valence-corrected chi connectivity index (χ4v) is 1.72. The Morgan fingerprint density at radius 2 is 2.06 bits per heavy atom. The monoisotopic (exact) mass is 233 g/mol. The Hall–Kier alpha value is -1.77. The Bertz CT molecular complexity index is 409. The van der Waals surface area contributed by atoms with Gasteiger partial charge < -0.3 is 9.64 Å². The van der Waals surface area contributed by atoms with Gasteiger partial charge in [0.2, 0.25) is 0 Å². The third-order valence-corrected chi connectivity index (χ3v) is 2.75. The molecule has 1 rings (SSSR count). The van der Waals surface area contributed by atoms with Crippen molar-refractivity contribution < 1.29 is 9.53 Å². The molecule has 0 saturated heterocycles. The summed E-state index contributed by atoms with van der Waals surface area (Å²) in [6, 6.07) is 5.40. The van der Waals surface area contributed by atoms with Crippen LogP contribution in [0, 0.1) is 0 Å². The van der Waals surface area contributed by atoms with Crippen molar-refractivity contribution in [3.05, 3.63) is 35.9 Å². The van der Waals surface area contributed by atoms with Crippen LogP contribution in [0.4, 0.5) is 0 Å². The number of hydrogen-bond acceptors (Lipinski definition) is 2. The summed E-state index contributed by atoms with van der Waals surface area (Å²) >= 11 is 0. The second-order valence-corrected chi connectivity index (χ2v) is 3.64. The molecule has 0 atom stereocenters. The lowest BCUT2D eigenvalue weighted by Crippen LogP contribution is -2.30. The van der Waals surface area contributed by atoms with Crippen molar-refractivity contribution in [3.63, 3.8) is 0 Å². The summed E-state index contributed by atoms with van der Waals surface area (Å²) in [5.74, 6) is 0.775. The quantitative estimate of drug-likeness (QED) is 0.782. The molecule has 17 heavy (non-hydrogen) atoms. The summed E-state index contributed by atoms with van der Waals surface area (Å²) in [6.45, 7) is 9.09. The summed E-state index contributed by atoms with van der Waals surface area (Å²) in [6.07, 6.45) is 1.69. The van der Waals surface area contributed by atoms with Gasteiger partial charge >= 0.3 is 0 Å². The highest BCUT2D eigenvalue weighted by Gasteiger charge is 2.13. The first-order valence-electron chi connectivity index (χ1n) is 5.77. The molecule has 0 aliphatic heterocycles. The van der Waals surface area contributed by atoms with Gasteiger partial charge in [-0.3, -0.25) is 4.79 Å². The lowest BCUT2D eigenvalue weighted by atomic mass is 10.1. The average molecular weight is 233 g/mol. The van der Waals surface area contributed by atoms with E-state index in [0.29, 0.717) is 18.7 Å². The molecular formula is C14H19NO2. The van der Waals surface area contributed by atoms with Gasteiger partial charge in [-0.1, -0.05) is 12.7 Å². The second-order valence-electron chi connectivity index (χ2n) is 3.64. The van der Waals surface area contributed by atoms with Crippen LogP contribution in [0.3, 0.4) is 0 Å². The van der Waals surface area contributed by atoms with Gasteiger partial charge in [-0.15, -0.1) is 0 Å². The van der Waals surface area contributed by atoms with Crippen LogP contribution in [-0.2, 0) is 0 Å². The number of carbonyl (C=O) groups is 1. The molecule has 92 valence electrons. The molecule has 0 aromatic heterocycles. The molecule has 1 aromatic rings. The van der Waals surface area contributed by atoms with Crippen molar-refractivity contribution in [2.24, 2.45) is 0 Å². The predicted molar refractivity (Wildman–Crippen MR) is 70.3 cm³/mol. The highest BCUT2D eigenvalue weighted by atomic mass is 16.5. The van der Waals surface area contributed by atoms with Gasteiger partial charge in [0.1, 0.15) is 5.75 Å². The summed E-state index contributed by atoms with van der Waals surface area (Å²) in [7, 11) is 1.61. The van der Waals surface area contributed by atoms with Crippen LogP contribution in [-0.4, -0.2) is 31.0 Å². The zero-order valence-corrected chi connectivity index (χ0v) is 10.7. The van der Waals surface area contributed by atoms with Gasteiger partial charge in [0.25, 0.3) is 5.91 Å². The number of carbonyl (C=O) groups excluding carboxylic acids is 1. The minimum absolute atomic E-state index is 0.0424. The molecular weight excluding hydrogens is 214 g/mol. The van der Waals surface area contributed by atoms with E-state index in [1.54, 1.807) is 30.2 Å². The molecule has 0 bridgehead atoms. The van der Waals surface area contributed by atoms with E-state index < -0.39 is 0 Å². The predicted octanol–water partition coefficient (Wildman–Crippen LogP) is 2.82. The van der Waals surface area contributed by atoms with Crippen LogP contribution in [0.2, 0.25) is 0 Å². The minimum Gasteiger partial charge on any atom is -0.496 e. The first kappa shape index (κ1) is 13.3. The number of benzene rings is 1. The maximum absolute atomic E-state index is 12.1. The van der Waals surface area contributed by atoms with E-state index in [1.807, 2.05) is 19.9 Å². The number of amides is 1. The highest BCUT2D eigenvalue weighted by molar-refractivity contribution is 5.95. The number of hydrogen-bond donors (Lipinski definition) is 0. The van der Waals surface area contributed by atoms with Crippen molar-refractivity contribution in [2.45, 2.75) is 13.8 Å². The van der Waals surface area contributed by atoms with E-state index in [-0.39, 0.29) is 5.91 Å². The lowest BCUT2D eigenvalue weighted by Gasteiger charge is -2.19. The van der Waals surface area contributed by atoms with Crippen LogP contribution in [0.25, 0.3) is 6.08 Å². The van der Waals surface area contributed by atoms with Crippen molar-refractivity contribution in [2.75, 3.05) is 20.2 Å². The average Bonchev–Trinajstić information content (AvgIpc) is 2.39. The third kappa shape index (κ3) is 2.87. The van der Waals surface area contributed by atoms with Crippen molar-refractivity contribution >= 4 is 12.0 Å². The SMILES string of the molecule is C=Cc1cc(C(=O)N(CC)CC)ccc1OC. The highest BCUT2D eigenvalue weighted by Crippen LogP contribution is 2.21. The van der Waals surface area contributed by atoms with E-state index in [4.69, 9.17) is 4.74 Å². The lowest BCUT2D eigenvalue weighted by molar-refractivity contribution is 0.0773. The van der Waals surface area contributed by atoms with E-state index >= 15 is 0 Å². The van der Waals surface area contributed by atoms with E-state index in [1.165, 1.54) is 0 Å². The summed E-state index contributed by atoms with van der Waals surface area (Å²) in [5.41, 5.74) is 1.51. The summed E-state index contributed by atoms with van der Waals surface area (Å²) in [5, 5.41) is 0. The number of rotatable bonds is 5. The molecule has 1 aromatic carbocycles. The van der Waals surface area contributed by atoms with Gasteiger partial charge in [-0.2, -0.15) is 0 Å². The first-order chi connectivity index (χ1) is 8.17. The van der Waals surface area contributed by atoms with Gasteiger partial charge in [-0.05, 0) is 32.0 Å². The van der Waals surface area contributed by atoms with Crippen LogP contribution >= 0.6 is 0 Å². The zero-order valence-electron chi connectivity index (χ0n) is 10.7. The molecule has 0 unspecified atom stereocenters. The maximum atomic E-state index is 12.1. The third-order valence-electron chi connectivity index (χ3n) is 2.75. The smallest absolute Gasteiger partial charge is 0.253 e. The Kier molecular flexibility index (Phi) is 4.76. The molecule has 0 radical (unpaired) electrons. The number of ether oxygens (including phenoxy) is 1. The Balaban J connectivity index is 3.07. The van der Waals surface area contributed by atoms with Gasteiger partial charge in [0.05, 0.1) is 7.11 Å². The molecule has 0 saturated carbocycles. The van der Waals surface area contributed by atoms with Crippen LogP contribution < -0.4 is 4.74 Å². The zero-order chi connectivity index (χ0) is 12.8. The number of nitrogens with zero attached hydrogens (tertiary/aromatic N) is 1. The minimum atomic E-state index is 0.0424. The molecule has 0 spiro atoms. The summed E-state index contributed by atoms with van der Waals surface area (Å²) < 4.78 is 5.19. The fourth-order valence-electron chi connectivity index (χ4n) is 1.72. The Morgan fingerprint density at radius 3 is 2.53 bits per heavy atom. The standard InChI is InChI=1S/C14H19NO2/c1-5-11-10-12(8-9-13(11)17-4)14(16)15(6-2)7-3/h5,8-10H,1,6-7H2,2-4H3. The Morgan fingerprint density at radius 1 is 1.41 bits per heavy atom. The van der Waals surface area contributed by atoms with E-state index in [2.05, 4.69) is 6.58 Å². The molecule has 0 aliphatic rings. The molecule has 0 aliphatic carbocycles. The normalized spacial score (nSPS) is 9.82. The van der Waals surface area contributed by atoms with E-state index in [9.17, 15) is 4.79 Å². The van der Waals surface area contributed by atoms with Gasteiger partial charge in [0, 0.05) is 24.2 Å². The van der Waals surface area contributed by atoms with Crippen LogP contribution in [0.5, 0.6) is 5.75 Å².